The van der Waals surface area contributed by atoms with Gasteiger partial charge in [0.05, 0.1) is 18.4 Å². The molecular formula is C27H22N2O7. The normalized spacial score (nSPS) is 14.6. The first kappa shape index (κ1) is 24.2. The van der Waals surface area contributed by atoms with Gasteiger partial charge in [0.2, 0.25) is 0 Å². The molecule has 0 bridgehead atoms. The Labute approximate surface area is 206 Å². The molecule has 36 heavy (non-hydrogen) atoms. The van der Waals surface area contributed by atoms with Crippen LogP contribution in [0.5, 0.6) is 11.5 Å². The Kier molecular flexibility index (Phi) is 6.82. The summed E-state index contributed by atoms with van der Waals surface area (Å²) in [7, 11) is 1.46. The van der Waals surface area contributed by atoms with Gasteiger partial charge in [-0.1, -0.05) is 30.3 Å². The molecular weight excluding hydrogens is 464 g/mol. The third-order valence-electron chi connectivity index (χ3n) is 5.46. The van der Waals surface area contributed by atoms with Crippen LogP contribution in [0.3, 0.4) is 0 Å². The third-order valence-corrected chi connectivity index (χ3v) is 5.46. The van der Waals surface area contributed by atoms with Crippen molar-refractivity contribution in [1.82, 2.24) is 5.32 Å². The number of barbiturate groups is 1. The molecule has 1 saturated heterocycles. The predicted molar refractivity (Wildman–Crippen MR) is 131 cm³/mol. The zero-order valence-corrected chi connectivity index (χ0v) is 19.5. The van der Waals surface area contributed by atoms with Gasteiger partial charge >= 0.3 is 12.0 Å². The average molecular weight is 486 g/mol. The topological polar surface area (TPSA) is 122 Å². The maximum Gasteiger partial charge on any atom is 0.335 e. The summed E-state index contributed by atoms with van der Waals surface area (Å²) in [5, 5.41) is 11.2. The fourth-order valence-electron chi connectivity index (χ4n) is 3.62. The second-order valence-corrected chi connectivity index (χ2v) is 8.00. The van der Waals surface area contributed by atoms with E-state index in [4.69, 9.17) is 14.6 Å². The third kappa shape index (κ3) is 5.10. The maximum absolute atomic E-state index is 13.1. The number of aromatic carboxylic acids is 1. The van der Waals surface area contributed by atoms with Crippen molar-refractivity contribution in [3.05, 3.63) is 94.6 Å². The maximum atomic E-state index is 13.1. The minimum absolute atomic E-state index is 0.172. The number of rotatable bonds is 7. The first-order chi connectivity index (χ1) is 17.3. The van der Waals surface area contributed by atoms with Crippen molar-refractivity contribution in [2.45, 2.75) is 13.5 Å². The molecule has 1 fully saturated rings. The molecule has 0 spiro atoms. The van der Waals surface area contributed by atoms with Gasteiger partial charge in [0.15, 0.2) is 11.5 Å². The Hall–Kier alpha value is -4.92. The molecule has 0 radical (unpaired) electrons. The Morgan fingerprint density at radius 1 is 1.00 bits per heavy atom. The molecule has 0 aromatic heterocycles. The molecule has 9 heteroatoms. The lowest BCUT2D eigenvalue weighted by Gasteiger charge is -2.26. The largest absolute Gasteiger partial charge is 0.493 e. The molecule has 0 unspecified atom stereocenters. The SMILES string of the molecule is COc1cc(/C=C2/C(=O)NC(=O)N(c3cccc(C)c3)C2=O)ccc1OCc1ccc(C(=O)O)cc1. The van der Waals surface area contributed by atoms with Crippen LogP contribution in [0.15, 0.2) is 72.3 Å². The lowest BCUT2D eigenvalue weighted by atomic mass is 10.1. The van der Waals surface area contributed by atoms with E-state index in [-0.39, 0.29) is 17.7 Å². The van der Waals surface area contributed by atoms with Crippen molar-refractivity contribution in [3.63, 3.8) is 0 Å². The van der Waals surface area contributed by atoms with Gasteiger partial charge in [-0.15, -0.1) is 0 Å². The molecule has 1 aliphatic rings. The van der Waals surface area contributed by atoms with E-state index in [2.05, 4.69) is 5.32 Å². The Bertz CT molecular complexity index is 1390. The van der Waals surface area contributed by atoms with E-state index in [9.17, 15) is 19.2 Å². The van der Waals surface area contributed by atoms with Crippen LogP contribution in [0.4, 0.5) is 10.5 Å². The first-order valence-electron chi connectivity index (χ1n) is 10.9. The molecule has 2 N–H and O–H groups in total. The number of benzene rings is 3. The summed E-state index contributed by atoms with van der Waals surface area (Å²) >= 11 is 0. The Morgan fingerprint density at radius 2 is 1.75 bits per heavy atom. The molecule has 3 aromatic carbocycles. The van der Waals surface area contributed by atoms with Crippen LogP contribution in [0.25, 0.3) is 6.08 Å². The number of nitrogens with zero attached hydrogens (tertiary/aromatic N) is 1. The van der Waals surface area contributed by atoms with E-state index >= 15 is 0 Å². The number of nitrogens with one attached hydrogen (secondary N) is 1. The Balaban J connectivity index is 1.56. The van der Waals surface area contributed by atoms with Crippen LogP contribution >= 0.6 is 0 Å². The minimum atomic E-state index is -1.01. The van der Waals surface area contributed by atoms with Crippen molar-refractivity contribution in [1.29, 1.82) is 0 Å². The second kappa shape index (κ2) is 10.1. The molecule has 3 aromatic rings. The summed E-state index contributed by atoms with van der Waals surface area (Å²) < 4.78 is 11.2. The van der Waals surface area contributed by atoms with Crippen LogP contribution in [0.1, 0.15) is 27.0 Å². The number of imide groups is 2. The number of ether oxygens (including phenoxy) is 2. The van der Waals surface area contributed by atoms with Crippen LogP contribution in [-0.4, -0.2) is 36.0 Å². The van der Waals surface area contributed by atoms with Gasteiger partial charge in [-0.2, -0.15) is 0 Å². The second-order valence-electron chi connectivity index (χ2n) is 8.00. The van der Waals surface area contributed by atoms with Gasteiger partial charge < -0.3 is 14.6 Å². The lowest BCUT2D eigenvalue weighted by molar-refractivity contribution is -0.122. The zero-order chi connectivity index (χ0) is 25.8. The van der Waals surface area contributed by atoms with E-state index < -0.39 is 23.8 Å². The fraction of sp³-hybridized carbons (Fsp3) is 0.111. The number of carbonyl (C=O) groups is 4. The summed E-state index contributed by atoms with van der Waals surface area (Å²) in [5.74, 6) is -1.76. The van der Waals surface area contributed by atoms with Crippen molar-refractivity contribution in [2.75, 3.05) is 12.0 Å². The Morgan fingerprint density at radius 3 is 2.42 bits per heavy atom. The number of aryl methyl sites for hydroxylation is 1. The molecule has 4 rings (SSSR count). The summed E-state index contributed by atoms with van der Waals surface area (Å²) in [6, 6.07) is 17.2. The predicted octanol–water partition coefficient (Wildman–Crippen LogP) is 3.95. The van der Waals surface area contributed by atoms with E-state index in [1.165, 1.54) is 25.3 Å². The van der Waals surface area contributed by atoms with E-state index in [0.29, 0.717) is 22.7 Å². The summed E-state index contributed by atoms with van der Waals surface area (Å²) in [4.78, 5) is 49.9. The average Bonchev–Trinajstić information content (AvgIpc) is 2.85. The zero-order valence-electron chi connectivity index (χ0n) is 19.5. The monoisotopic (exact) mass is 486 g/mol. The van der Waals surface area contributed by atoms with Gasteiger partial charge in [0, 0.05) is 0 Å². The van der Waals surface area contributed by atoms with E-state index in [0.717, 1.165) is 16.0 Å². The van der Waals surface area contributed by atoms with Crippen LogP contribution in [0, 0.1) is 6.92 Å². The van der Waals surface area contributed by atoms with E-state index in [1.807, 2.05) is 13.0 Å². The minimum Gasteiger partial charge on any atom is -0.493 e. The van der Waals surface area contributed by atoms with Crippen LogP contribution < -0.4 is 19.7 Å². The molecule has 0 atom stereocenters. The number of urea groups is 1. The molecule has 9 nitrogen and oxygen atoms in total. The van der Waals surface area contributed by atoms with Crippen molar-refractivity contribution in [2.24, 2.45) is 0 Å². The van der Waals surface area contributed by atoms with Gasteiger partial charge in [-0.05, 0) is 66.1 Å². The number of carboxylic acids is 1. The van der Waals surface area contributed by atoms with Crippen molar-refractivity contribution in [3.8, 4) is 11.5 Å². The fourth-order valence-corrected chi connectivity index (χ4v) is 3.62. The molecule has 1 aliphatic heterocycles. The number of carbonyl (C=O) groups excluding carboxylic acids is 3. The quantitative estimate of drug-likeness (QED) is 0.383. The lowest BCUT2D eigenvalue weighted by Crippen LogP contribution is -2.54. The van der Waals surface area contributed by atoms with Gasteiger partial charge in [0.25, 0.3) is 11.8 Å². The highest BCUT2D eigenvalue weighted by Gasteiger charge is 2.36. The summed E-state index contributed by atoms with van der Waals surface area (Å²) in [6.07, 6.45) is 1.38. The highest BCUT2D eigenvalue weighted by Crippen LogP contribution is 2.30. The van der Waals surface area contributed by atoms with E-state index in [1.54, 1.807) is 48.5 Å². The van der Waals surface area contributed by atoms with Crippen molar-refractivity contribution < 1.29 is 33.8 Å². The van der Waals surface area contributed by atoms with Crippen LogP contribution in [0.2, 0.25) is 0 Å². The molecule has 0 aliphatic carbocycles. The van der Waals surface area contributed by atoms with Gasteiger partial charge in [-0.3, -0.25) is 14.9 Å². The standard InChI is InChI=1S/C27H22N2O7/c1-16-4-3-5-20(12-16)29-25(31)21(24(30)28-27(29)34)13-18-8-11-22(23(14-18)35-2)36-15-17-6-9-19(10-7-17)26(32)33/h3-14H,15H2,1-2H3,(H,32,33)(H,28,30,34)/b21-13-. The summed E-state index contributed by atoms with van der Waals surface area (Å²) in [5.41, 5.74) is 2.44. The number of hydrogen-bond donors (Lipinski definition) is 2. The number of anilines is 1. The first-order valence-corrected chi connectivity index (χ1v) is 10.9. The van der Waals surface area contributed by atoms with Crippen molar-refractivity contribution >= 4 is 35.6 Å². The summed E-state index contributed by atoms with van der Waals surface area (Å²) in [6.45, 7) is 2.00. The number of amides is 4. The number of methoxy groups -OCH3 is 1. The molecule has 4 amide bonds. The molecule has 1 heterocycles. The van der Waals surface area contributed by atoms with Gasteiger partial charge in [0.1, 0.15) is 12.2 Å². The van der Waals surface area contributed by atoms with Crippen LogP contribution in [-0.2, 0) is 16.2 Å². The van der Waals surface area contributed by atoms with Gasteiger partial charge in [-0.25, -0.2) is 14.5 Å². The number of carboxylic acid groups (broad SMARTS) is 1. The number of hydrogen-bond acceptors (Lipinski definition) is 6. The highest BCUT2D eigenvalue weighted by molar-refractivity contribution is 6.39. The highest BCUT2D eigenvalue weighted by atomic mass is 16.5. The smallest absolute Gasteiger partial charge is 0.335 e. The molecule has 182 valence electrons. The molecule has 0 saturated carbocycles.